The van der Waals surface area contributed by atoms with Crippen molar-refractivity contribution in [3.05, 3.63) is 34.7 Å². The standard InChI is InChI=1S/C17H19NO5S/c1-3-4-9-23-15(19)11-18-16(20)14(24-17(18)21)10-12-5-7-13(22-2)8-6-12/h5-8,10H,3-4,9,11H2,1-2H3/b14-10+. The zero-order valence-electron chi connectivity index (χ0n) is 13.6. The van der Waals surface area contributed by atoms with Gasteiger partial charge in [-0.3, -0.25) is 19.3 Å². The molecule has 0 aromatic heterocycles. The lowest BCUT2D eigenvalue weighted by atomic mass is 10.2. The fourth-order valence-electron chi connectivity index (χ4n) is 1.99. The lowest BCUT2D eigenvalue weighted by molar-refractivity contribution is -0.146. The highest BCUT2D eigenvalue weighted by atomic mass is 32.2. The molecule has 1 aromatic rings. The molecular formula is C17H19NO5S. The number of methoxy groups -OCH3 is 1. The second-order valence-electron chi connectivity index (χ2n) is 5.12. The molecule has 1 saturated heterocycles. The van der Waals surface area contributed by atoms with E-state index in [4.69, 9.17) is 9.47 Å². The Kier molecular flexibility index (Phi) is 6.43. The van der Waals surface area contributed by atoms with Gasteiger partial charge in [0.25, 0.3) is 11.1 Å². The first kappa shape index (κ1) is 18.1. The minimum Gasteiger partial charge on any atom is -0.497 e. The normalized spacial score (nSPS) is 15.9. The number of thioether (sulfide) groups is 1. The molecule has 6 nitrogen and oxygen atoms in total. The van der Waals surface area contributed by atoms with Crippen LogP contribution in [0.15, 0.2) is 29.2 Å². The Morgan fingerprint density at radius 1 is 1.25 bits per heavy atom. The van der Waals surface area contributed by atoms with E-state index in [2.05, 4.69) is 0 Å². The molecule has 0 aliphatic carbocycles. The van der Waals surface area contributed by atoms with E-state index in [0.29, 0.717) is 12.4 Å². The molecule has 1 aliphatic heterocycles. The minimum atomic E-state index is -0.573. The molecule has 0 radical (unpaired) electrons. The molecule has 0 N–H and O–H groups in total. The number of imide groups is 1. The van der Waals surface area contributed by atoms with Crippen molar-refractivity contribution in [3.8, 4) is 5.75 Å². The highest BCUT2D eigenvalue weighted by Crippen LogP contribution is 2.32. The summed E-state index contributed by atoms with van der Waals surface area (Å²) in [4.78, 5) is 37.1. The smallest absolute Gasteiger partial charge is 0.326 e. The van der Waals surface area contributed by atoms with Crippen molar-refractivity contribution >= 4 is 35.0 Å². The van der Waals surface area contributed by atoms with Crippen LogP contribution in [0, 0.1) is 0 Å². The first-order valence-corrected chi connectivity index (χ1v) is 8.42. The fraction of sp³-hybridized carbons (Fsp3) is 0.353. The van der Waals surface area contributed by atoms with Gasteiger partial charge in [-0.05, 0) is 42.0 Å². The topological polar surface area (TPSA) is 72.9 Å². The van der Waals surface area contributed by atoms with Crippen LogP contribution in [0.25, 0.3) is 6.08 Å². The van der Waals surface area contributed by atoms with Crippen LogP contribution in [0.2, 0.25) is 0 Å². The van der Waals surface area contributed by atoms with Crippen LogP contribution in [0.1, 0.15) is 25.3 Å². The SMILES string of the molecule is CCCCOC(=O)CN1C(=O)S/C(=C/c2ccc(OC)cc2)C1=O. The summed E-state index contributed by atoms with van der Waals surface area (Å²) < 4.78 is 10.1. The van der Waals surface area contributed by atoms with E-state index in [9.17, 15) is 14.4 Å². The van der Waals surface area contributed by atoms with Crippen LogP contribution >= 0.6 is 11.8 Å². The van der Waals surface area contributed by atoms with Gasteiger partial charge in [0.15, 0.2) is 0 Å². The second kappa shape index (κ2) is 8.54. The quantitative estimate of drug-likeness (QED) is 0.428. The number of hydrogen-bond donors (Lipinski definition) is 0. The Hall–Kier alpha value is -2.28. The monoisotopic (exact) mass is 349 g/mol. The summed E-state index contributed by atoms with van der Waals surface area (Å²) in [5.41, 5.74) is 0.770. The maximum Gasteiger partial charge on any atom is 0.326 e. The van der Waals surface area contributed by atoms with Crippen molar-refractivity contribution in [3.63, 3.8) is 0 Å². The predicted molar refractivity (Wildman–Crippen MR) is 91.5 cm³/mol. The number of benzene rings is 1. The van der Waals surface area contributed by atoms with Gasteiger partial charge in [0.05, 0.1) is 18.6 Å². The van der Waals surface area contributed by atoms with Gasteiger partial charge in [-0.15, -0.1) is 0 Å². The van der Waals surface area contributed by atoms with Gasteiger partial charge in [0.1, 0.15) is 12.3 Å². The maximum absolute atomic E-state index is 12.3. The Morgan fingerprint density at radius 2 is 1.96 bits per heavy atom. The summed E-state index contributed by atoms with van der Waals surface area (Å²) in [6.45, 7) is 1.93. The number of hydrogen-bond acceptors (Lipinski definition) is 6. The second-order valence-corrected chi connectivity index (χ2v) is 6.11. The summed E-state index contributed by atoms with van der Waals surface area (Å²) in [5.74, 6) is -0.347. The molecule has 0 bridgehead atoms. The average Bonchev–Trinajstić information content (AvgIpc) is 2.83. The number of nitrogens with zero attached hydrogens (tertiary/aromatic N) is 1. The maximum atomic E-state index is 12.3. The number of ether oxygens (including phenoxy) is 2. The predicted octanol–water partition coefficient (Wildman–Crippen LogP) is 3.07. The van der Waals surface area contributed by atoms with Gasteiger partial charge in [0, 0.05) is 0 Å². The van der Waals surface area contributed by atoms with Gasteiger partial charge in [-0.2, -0.15) is 0 Å². The third-order valence-electron chi connectivity index (χ3n) is 3.34. The van der Waals surface area contributed by atoms with Crippen molar-refractivity contribution in [1.29, 1.82) is 0 Å². The third-order valence-corrected chi connectivity index (χ3v) is 4.24. The van der Waals surface area contributed by atoms with E-state index in [0.717, 1.165) is 35.1 Å². The van der Waals surface area contributed by atoms with Gasteiger partial charge in [-0.1, -0.05) is 25.5 Å². The molecular weight excluding hydrogens is 330 g/mol. The van der Waals surface area contributed by atoms with Crippen LogP contribution in [-0.2, 0) is 14.3 Å². The summed E-state index contributed by atoms with van der Waals surface area (Å²) in [6, 6.07) is 7.10. The van der Waals surface area contributed by atoms with Crippen LogP contribution in [0.3, 0.4) is 0 Å². The Balaban J connectivity index is 2.02. The number of carbonyl (C=O) groups is 3. The van der Waals surface area contributed by atoms with E-state index in [-0.39, 0.29) is 11.4 Å². The van der Waals surface area contributed by atoms with Crippen molar-refractivity contribution < 1.29 is 23.9 Å². The first-order chi connectivity index (χ1) is 11.5. The summed E-state index contributed by atoms with van der Waals surface area (Å²) in [5, 5.41) is -0.466. The van der Waals surface area contributed by atoms with E-state index in [1.54, 1.807) is 37.5 Å². The average molecular weight is 349 g/mol. The number of carbonyl (C=O) groups excluding carboxylic acids is 3. The minimum absolute atomic E-state index is 0.284. The lowest BCUT2D eigenvalue weighted by Crippen LogP contribution is -2.34. The molecule has 7 heteroatoms. The molecule has 1 heterocycles. The molecule has 2 amide bonds. The highest BCUT2D eigenvalue weighted by Gasteiger charge is 2.36. The number of unbranched alkanes of at least 4 members (excludes halogenated alkanes) is 1. The fourth-order valence-corrected chi connectivity index (χ4v) is 2.83. The molecule has 0 unspecified atom stereocenters. The molecule has 2 rings (SSSR count). The van der Waals surface area contributed by atoms with Crippen molar-refractivity contribution in [2.45, 2.75) is 19.8 Å². The van der Waals surface area contributed by atoms with Crippen LogP contribution in [0.5, 0.6) is 5.75 Å². The number of rotatable bonds is 7. The van der Waals surface area contributed by atoms with Crippen LogP contribution in [0.4, 0.5) is 4.79 Å². The molecule has 1 aromatic carbocycles. The Labute approximate surface area is 144 Å². The molecule has 24 heavy (non-hydrogen) atoms. The van der Waals surface area contributed by atoms with E-state index in [1.807, 2.05) is 6.92 Å². The molecule has 0 atom stereocenters. The van der Waals surface area contributed by atoms with Crippen molar-refractivity contribution in [2.24, 2.45) is 0 Å². The summed E-state index contributed by atoms with van der Waals surface area (Å²) >= 11 is 0.816. The van der Waals surface area contributed by atoms with E-state index < -0.39 is 17.1 Å². The van der Waals surface area contributed by atoms with Crippen molar-refractivity contribution in [1.82, 2.24) is 4.90 Å². The summed E-state index contributed by atoms with van der Waals surface area (Å²) in [6.07, 6.45) is 3.28. The van der Waals surface area contributed by atoms with Crippen LogP contribution in [-0.4, -0.2) is 42.3 Å². The zero-order valence-corrected chi connectivity index (χ0v) is 14.4. The largest absolute Gasteiger partial charge is 0.497 e. The number of esters is 1. The molecule has 1 fully saturated rings. The molecule has 128 valence electrons. The van der Waals surface area contributed by atoms with Crippen molar-refractivity contribution in [2.75, 3.05) is 20.3 Å². The van der Waals surface area contributed by atoms with Gasteiger partial charge >= 0.3 is 5.97 Å². The first-order valence-electron chi connectivity index (χ1n) is 7.60. The molecule has 0 spiro atoms. The van der Waals surface area contributed by atoms with Crippen LogP contribution < -0.4 is 4.74 Å². The lowest BCUT2D eigenvalue weighted by Gasteiger charge is -2.11. The highest BCUT2D eigenvalue weighted by molar-refractivity contribution is 8.18. The van der Waals surface area contributed by atoms with E-state index in [1.165, 1.54) is 0 Å². The third kappa shape index (κ3) is 4.61. The summed E-state index contributed by atoms with van der Waals surface area (Å²) in [7, 11) is 1.57. The van der Waals surface area contributed by atoms with Gasteiger partial charge in [-0.25, -0.2) is 0 Å². The van der Waals surface area contributed by atoms with Gasteiger partial charge in [0.2, 0.25) is 0 Å². The van der Waals surface area contributed by atoms with Gasteiger partial charge < -0.3 is 9.47 Å². The Morgan fingerprint density at radius 3 is 2.58 bits per heavy atom. The Bertz CT molecular complexity index is 653. The van der Waals surface area contributed by atoms with E-state index >= 15 is 0 Å². The number of amides is 2. The molecule has 1 aliphatic rings. The zero-order chi connectivity index (χ0) is 17.5. The molecule has 0 saturated carbocycles.